The Kier molecular flexibility index (Phi) is 5.46. The van der Waals surface area contributed by atoms with Gasteiger partial charge in [0.25, 0.3) is 0 Å². The van der Waals surface area contributed by atoms with Gasteiger partial charge in [0.1, 0.15) is 24.0 Å². The molecule has 0 radical (unpaired) electrons. The smallest absolute Gasteiger partial charge is 0.223 e. The normalized spacial score (nSPS) is 26.6. The van der Waals surface area contributed by atoms with Crippen LogP contribution >= 0.6 is 22.6 Å². The Morgan fingerprint density at radius 3 is 2.83 bits per heavy atom. The molecule has 1 aliphatic rings. The summed E-state index contributed by atoms with van der Waals surface area (Å²) < 4.78 is 15.3. The van der Waals surface area contributed by atoms with Crippen LogP contribution in [0, 0.1) is 20.8 Å². The highest BCUT2D eigenvalue weighted by Crippen LogP contribution is 2.46. The molecule has 3 heterocycles. The Bertz CT molecular complexity index is 1060. The fourth-order valence-electron chi connectivity index (χ4n) is 4.10. The van der Waals surface area contributed by atoms with Crippen LogP contribution < -0.4 is 5.73 Å². The summed E-state index contributed by atoms with van der Waals surface area (Å²) in [4.78, 5) is 4.08. The van der Waals surface area contributed by atoms with Gasteiger partial charge in [-0.25, -0.2) is 9.50 Å². The van der Waals surface area contributed by atoms with E-state index < -0.39 is 11.7 Å². The van der Waals surface area contributed by atoms with Crippen molar-refractivity contribution < 1.29 is 9.47 Å². The summed E-state index contributed by atoms with van der Waals surface area (Å²) >= 11 is 2.19. The fourth-order valence-corrected chi connectivity index (χ4v) is 4.90. The molecule has 2 N–H and O–H groups in total. The lowest BCUT2D eigenvalue weighted by Crippen LogP contribution is -2.40. The molecule has 0 spiro atoms. The van der Waals surface area contributed by atoms with Crippen LogP contribution in [0.2, 0.25) is 0 Å². The van der Waals surface area contributed by atoms with Crippen molar-refractivity contribution in [3.05, 3.63) is 57.6 Å². The Balaban J connectivity index is 1.81. The van der Waals surface area contributed by atoms with Gasteiger partial charge < -0.3 is 15.2 Å². The summed E-state index contributed by atoms with van der Waals surface area (Å²) in [6, 6.07) is 14.3. The average Bonchev–Trinajstić information content (AvgIpc) is 3.23. The first-order chi connectivity index (χ1) is 14.0. The third kappa shape index (κ3) is 3.27. The highest BCUT2D eigenvalue weighted by atomic mass is 127. The first-order valence-electron chi connectivity index (χ1n) is 9.54. The molecule has 29 heavy (non-hydrogen) atoms. The summed E-state index contributed by atoms with van der Waals surface area (Å²) in [6.45, 7) is 4.53. The van der Waals surface area contributed by atoms with Gasteiger partial charge in [-0.3, -0.25) is 0 Å². The molecule has 4 atom stereocenters. The maximum absolute atomic E-state index is 10.4. The maximum atomic E-state index is 10.4. The highest BCUT2D eigenvalue weighted by molar-refractivity contribution is 14.1. The van der Waals surface area contributed by atoms with E-state index in [0.717, 1.165) is 15.6 Å². The summed E-state index contributed by atoms with van der Waals surface area (Å²) in [5.41, 5.74) is 7.13. The Hall–Kier alpha value is -2.22. The van der Waals surface area contributed by atoms with Crippen molar-refractivity contribution in [3.63, 3.8) is 0 Å². The molecule has 0 unspecified atom stereocenters. The Labute approximate surface area is 183 Å². The quantitative estimate of drug-likeness (QED) is 0.534. The van der Waals surface area contributed by atoms with Crippen molar-refractivity contribution in [3.8, 4) is 6.07 Å². The van der Waals surface area contributed by atoms with E-state index in [1.165, 1.54) is 6.33 Å². The van der Waals surface area contributed by atoms with Crippen molar-refractivity contribution in [1.82, 2.24) is 14.6 Å². The van der Waals surface area contributed by atoms with E-state index in [1.807, 2.05) is 36.4 Å². The number of rotatable bonds is 5. The number of ether oxygens (including phenoxy) is 2. The van der Waals surface area contributed by atoms with Gasteiger partial charge in [-0.05, 0) is 40.6 Å². The molecule has 150 valence electrons. The van der Waals surface area contributed by atoms with Gasteiger partial charge in [-0.1, -0.05) is 44.2 Å². The van der Waals surface area contributed by atoms with Crippen LogP contribution in [0.3, 0.4) is 0 Å². The molecular weight excluding hydrogens is 481 g/mol. The van der Waals surface area contributed by atoms with Crippen LogP contribution in [0.15, 0.2) is 42.7 Å². The molecule has 4 rings (SSSR count). The number of nitriles is 1. The fraction of sp³-hybridized carbons (Fsp3) is 0.381. The number of aromatic nitrogens is 3. The second kappa shape index (κ2) is 7.89. The molecule has 7 nitrogen and oxygen atoms in total. The van der Waals surface area contributed by atoms with Gasteiger partial charge in [0.15, 0.2) is 5.82 Å². The van der Waals surface area contributed by atoms with Crippen molar-refractivity contribution in [2.24, 2.45) is 5.92 Å². The second-order valence-corrected chi connectivity index (χ2v) is 8.43. The average molecular weight is 503 g/mol. The van der Waals surface area contributed by atoms with E-state index in [1.54, 1.807) is 4.52 Å². The number of hydrogen-bond acceptors (Lipinski definition) is 6. The van der Waals surface area contributed by atoms with Crippen LogP contribution in [0.1, 0.15) is 31.5 Å². The number of hydrogen-bond donors (Lipinski definition) is 1. The van der Waals surface area contributed by atoms with E-state index >= 15 is 0 Å². The largest absolute Gasteiger partial charge is 0.382 e. The number of nitrogens with zero attached hydrogens (tertiary/aromatic N) is 4. The predicted molar refractivity (Wildman–Crippen MR) is 117 cm³/mol. The Morgan fingerprint density at radius 2 is 2.14 bits per heavy atom. The number of benzene rings is 1. The number of halogens is 1. The molecule has 0 bridgehead atoms. The molecule has 8 heteroatoms. The highest BCUT2D eigenvalue weighted by Gasteiger charge is 2.57. The number of fused-ring (bicyclic) bond motifs is 1. The van der Waals surface area contributed by atoms with E-state index in [-0.39, 0.29) is 12.0 Å². The van der Waals surface area contributed by atoms with Crippen molar-refractivity contribution in [2.45, 2.75) is 44.7 Å². The van der Waals surface area contributed by atoms with E-state index in [0.29, 0.717) is 23.6 Å². The van der Waals surface area contributed by atoms with Gasteiger partial charge in [-0.15, -0.1) is 0 Å². The number of nitrogens with two attached hydrogens (primary N) is 1. The maximum Gasteiger partial charge on any atom is 0.223 e. The van der Waals surface area contributed by atoms with Gasteiger partial charge in [0.2, 0.25) is 5.60 Å². The summed E-state index contributed by atoms with van der Waals surface area (Å²) in [5.74, 6) is 0.398. The van der Waals surface area contributed by atoms with Gasteiger partial charge in [0.05, 0.1) is 18.4 Å². The Morgan fingerprint density at radius 1 is 1.38 bits per heavy atom. The molecule has 1 aromatic carbocycles. The van der Waals surface area contributed by atoms with Gasteiger partial charge >= 0.3 is 0 Å². The molecule has 0 aliphatic carbocycles. The lowest BCUT2D eigenvalue weighted by Gasteiger charge is -2.28. The SMILES string of the molecule is CC[C@H]1O[C@@](C#N)(c2cc(I)c3c(N)ncnn23)[C@H](OCc2ccccc2)[C@@H]1C. The van der Waals surface area contributed by atoms with Crippen LogP contribution in [0.25, 0.3) is 5.52 Å². The summed E-state index contributed by atoms with van der Waals surface area (Å²) in [6.07, 6.45) is 1.62. The van der Waals surface area contributed by atoms with Crippen LogP contribution in [0.5, 0.6) is 0 Å². The standard InChI is InChI=1S/C21H22IN5O2/c1-3-16-13(2)19(28-10-14-7-5-4-6-8-14)21(11-23,29-16)17-9-15(22)18-20(24)25-12-26-27(17)18/h4-9,12-13,16,19H,3,10H2,1-2H3,(H2,24,25,26)/t13-,16-,19-,21+/m1/s1. The molecule has 0 amide bonds. The second-order valence-electron chi connectivity index (χ2n) is 7.27. The molecule has 1 aliphatic heterocycles. The monoisotopic (exact) mass is 503 g/mol. The molecule has 3 aromatic rings. The van der Waals surface area contributed by atoms with Crippen molar-refractivity contribution in [1.29, 1.82) is 5.26 Å². The molecule has 2 aromatic heterocycles. The summed E-state index contributed by atoms with van der Waals surface area (Å²) in [7, 11) is 0. The summed E-state index contributed by atoms with van der Waals surface area (Å²) in [5, 5.41) is 14.7. The third-order valence-electron chi connectivity index (χ3n) is 5.56. The molecular formula is C21H22IN5O2. The predicted octanol–water partition coefficient (Wildman–Crippen LogP) is 3.67. The zero-order chi connectivity index (χ0) is 20.6. The van der Waals surface area contributed by atoms with Crippen molar-refractivity contribution >= 4 is 33.9 Å². The number of nitrogen functional groups attached to an aromatic ring is 1. The van der Waals surface area contributed by atoms with Crippen LogP contribution in [-0.2, 0) is 21.7 Å². The zero-order valence-corrected chi connectivity index (χ0v) is 18.4. The first kappa shape index (κ1) is 20.1. The topological polar surface area (TPSA) is 98.5 Å². The van der Waals surface area contributed by atoms with E-state index in [2.05, 4.69) is 52.6 Å². The third-order valence-corrected chi connectivity index (χ3v) is 6.38. The minimum absolute atomic E-state index is 0.0331. The van der Waals surface area contributed by atoms with Gasteiger partial charge in [-0.2, -0.15) is 10.4 Å². The van der Waals surface area contributed by atoms with E-state index in [4.69, 9.17) is 15.2 Å². The van der Waals surface area contributed by atoms with E-state index in [9.17, 15) is 5.26 Å². The molecule has 0 saturated carbocycles. The lowest BCUT2D eigenvalue weighted by molar-refractivity contribution is -0.0817. The minimum atomic E-state index is -1.29. The van der Waals surface area contributed by atoms with Gasteiger partial charge in [0, 0.05) is 9.49 Å². The lowest BCUT2D eigenvalue weighted by atomic mass is 9.87. The minimum Gasteiger partial charge on any atom is -0.382 e. The number of anilines is 1. The zero-order valence-electron chi connectivity index (χ0n) is 16.2. The molecule has 1 saturated heterocycles. The first-order valence-corrected chi connectivity index (χ1v) is 10.6. The van der Waals surface area contributed by atoms with Crippen molar-refractivity contribution in [2.75, 3.05) is 5.73 Å². The van der Waals surface area contributed by atoms with Crippen LogP contribution in [0.4, 0.5) is 5.82 Å². The van der Waals surface area contributed by atoms with Crippen LogP contribution in [-0.4, -0.2) is 26.8 Å². The molecule has 1 fully saturated rings.